The number of imidazole rings is 1. The summed E-state index contributed by atoms with van der Waals surface area (Å²) in [5.74, 6) is -1.09. The van der Waals surface area contributed by atoms with Gasteiger partial charge in [0.05, 0.1) is 31.2 Å². The number of carbonyl (C=O) groups excluding carboxylic acids is 2. The molecule has 0 aliphatic rings. The fourth-order valence-electron chi connectivity index (χ4n) is 6.23. The van der Waals surface area contributed by atoms with Crippen LogP contribution in [0.1, 0.15) is 40.4 Å². The molecule has 0 aliphatic carbocycles. The first kappa shape index (κ1) is 35.8. The minimum atomic E-state index is -4.44. The molecule has 1 N–H and O–H groups in total. The van der Waals surface area contributed by atoms with E-state index in [1.165, 1.54) is 19.2 Å². The van der Waals surface area contributed by atoms with Gasteiger partial charge in [-0.3, -0.25) is 9.69 Å². The molecule has 50 heavy (non-hydrogen) atoms. The summed E-state index contributed by atoms with van der Waals surface area (Å²) >= 11 is 0. The van der Waals surface area contributed by atoms with Crippen LogP contribution in [0.5, 0.6) is 0 Å². The third-order valence-corrected chi connectivity index (χ3v) is 8.38. The Morgan fingerprint density at radius 3 is 1.80 bits per heavy atom. The zero-order chi connectivity index (χ0) is 35.7. The maximum atomic E-state index is 13.4. The van der Waals surface area contributed by atoms with Crippen LogP contribution in [0.3, 0.4) is 0 Å². The number of esters is 1. The molecule has 0 spiro atoms. The Hall–Kier alpha value is -5.48. The molecule has 0 radical (unpaired) electrons. The van der Waals surface area contributed by atoms with Crippen LogP contribution >= 0.6 is 0 Å². The van der Waals surface area contributed by atoms with E-state index < -0.39 is 35.2 Å². The number of methoxy groups -OCH3 is 1. The van der Waals surface area contributed by atoms with Crippen molar-refractivity contribution in [2.24, 2.45) is 0 Å². The molecule has 0 bridgehead atoms. The molecule has 0 fully saturated rings. The lowest BCUT2D eigenvalue weighted by atomic mass is 9.77. The third kappa shape index (κ3) is 8.38. The molecule has 258 valence electrons. The molecular formula is C40H39F3N4O3. The second kappa shape index (κ2) is 15.8. The van der Waals surface area contributed by atoms with E-state index in [9.17, 15) is 22.8 Å². The van der Waals surface area contributed by atoms with Gasteiger partial charge >= 0.3 is 12.1 Å². The quantitative estimate of drug-likeness (QED) is 0.0776. The van der Waals surface area contributed by atoms with Crippen LogP contribution in [0.2, 0.25) is 0 Å². The van der Waals surface area contributed by atoms with Crippen molar-refractivity contribution in [2.75, 3.05) is 20.2 Å². The van der Waals surface area contributed by atoms with Crippen LogP contribution in [0.25, 0.3) is 0 Å². The van der Waals surface area contributed by atoms with Gasteiger partial charge in [-0.1, -0.05) is 115 Å². The minimum Gasteiger partial charge on any atom is -0.467 e. The van der Waals surface area contributed by atoms with E-state index in [4.69, 9.17) is 9.72 Å². The fourth-order valence-corrected chi connectivity index (χ4v) is 6.23. The van der Waals surface area contributed by atoms with Crippen LogP contribution in [-0.2, 0) is 39.0 Å². The summed E-state index contributed by atoms with van der Waals surface area (Å²) in [6, 6.07) is 34.0. The van der Waals surface area contributed by atoms with Gasteiger partial charge < -0.3 is 14.6 Å². The van der Waals surface area contributed by atoms with E-state index in [1.807, 2.05) is 65.4 Å². The normalized spacial score (nSPS) is 12.4. The van der Waals surface area contributed by atoms with Crippen molar-refractivity contribution in [2.45, 2.75) is 37.6 Å². The molecule has 0 saturated carbocycles. The molecule has 0 saturated heterocycles. The number of aromatic nitrogens is 2. The summed E-state index contributed by atoms with van der Waals surface area (Å²) in [6.07, 6.45) is -0.774. The van der Waals surface area contributed by atoms with Gasteiger partial charge in [-0.2, -0.15) is 13.2 Å². The topological polar surface area (TPSA) is 76.5 Å². The number of hydrogen-bond donors (Lipinski definition) is 1. The Morgan fingerprint density at radius 2 is 1.34 bits per heavy atom. The summed E-state index contributed by atoms with van der Waals surface area (Å²) in [5.41, 5.74) is 3.37. The molecule has 1 heterocycles. The average Bonchev–Trinajstić information content (AvgIpc) is 3.57. The number of alkyl halides is 3. The van der Waals surface area contributed by atoms with Gasteiger partial charge in [0.25, 0.3) is 0 Å². The first-order valence-electron chi connectivity index (χ1n) is 16.1. The Balaban J connectivity index is 1.41. The zero-order valence-corrected chi connectivity index (χ0v) is 27.9. The van der Waals surface area contributed by atoms with Crippen molar-refractivity contribution in [3.63, 3.8) is 0 Å². The van der Waals surface area contributed by atoms with Gasteiger partial charge in [0.2, 0.25) is 5.91 Å². The fraction of sp³-hybridized carbons (Fsp3) is 0.225. The number of amides is 1. The Bertz CT molecular complexity index is 1780. The van der Waals surface area contributed by atoms with Gasteiger partial charge in [0.1, 0.15) is 11.6 Å². The number of ether oxygens (including phenoxy) is 1. The summed E-state index contributed by atoms with van der Waals surface area (Å²) in [5, 5.41) is 2.79. The number of nitrogens with zero attached hydrogens (tertiary/aromatic N) is 3. The van der Waals surface area contributed by atoms with Crippen LogP contribution in [0, 0.1) is 0 Å². The Labute approximate surface area is 290 Å². The monoisotopic (exact) mass is 680 g/mol. The van der Waals surface area contributed by atoms with Gasteiger partial charge in [-0.15, -0.1) is 0 Å². The molecule has 1 atom stereocenters. The van der Waals surface area contributed by atoms with Crippen molar-refractivity contribution in [3.05, 3.63) is 173 Å². The van der Waals surface area contributed by atoms with Gasteiger partial charge in [0, 0.05) is 25.7 Å². The van der Waals surface area contributed by atoms with E-state index in [0.717, 1.165) is 34.4 Å². The lowest BCUT2D eigenvalue weighted by Crippen LogP contribution is -2.47. The summed E-state index contributed by atoms with van der Waals surface area (Å²) < 4.78 is 46.3. The summed E-state index contributed by atoms with van der Waals surface area (Å²) in [6.45, 7) is 6.12. The predicted molar refractivity (Wildman–Crippen MR) is 186 cm³/mol. The minimum absolute atomic E-state index is 0.0548. The molecule has 1 amide bonds. The van der Waals surface area contributed by atoms with Crippen LogP contribution < -0.4 is 5.32 Å². The largest absolute Gasteiger partial charge is 0.467 e. The van der Waals surface area contributed by atoms with Gasteiger partial charge in [0.15, 0.2) is 0 Å². The lowest BCUT2D eigenvalue weighted by Gasteiger charge is -2.37. The smallest absolute Gasteiger partial charge is 0.416 e. The number of benzene rings is 4. The van der Waals surface area contributed by atoms with E-state index in [0.29, 0.717) is 17.8 Å². The molecule has 10 heteroatoms. The van der Waals surface area contributed by atoms with Crippen LogP contribution in [0.4, 0.5) is 13.2 Å². The number of rotatable bonds is 14. The van der Waals surface area contributed by atoms with Crippen LogP contribution in [0.15, 0.2) is 140 Å². The number of nitrogens with one attached hydrogen (secondary N) is 1. The predicted octanol–water partition coefficient (Wildman–Crippen LogP) is 7.02. The molecule has 0 aliphatic heterocycles. The highest BCUT2D eigenvalue weighted by Crippen LogP contribution is 2.40. The summed E-state index contributed by atoms with van der Waals surface area (Å²) in [7, 11) is 1.25. The van der Waals surface area contributed by atoms with E-state index >= 15 is 0 Å². The van der Waals surface area contributed by atoms with Crippen molar-refractivity contribution >= 4 is 11.9 Å². The standard InChI is InChI=1S/C40H39F3N4O3/c1-29(2)24-46(25-30-19-21-34(22-20-30)40(41,42)43)27-37(48)45-36(38(49)50-3)23-35-26-47(28-44-35)39(31-13-7-4-8-14-31,32-15-9-5-10-16-32)33-17-11-6-12-18-33/h4-22,26,28,36H,1,23-25,27H2,2-3H3,(H,45,48)/t36-/m0/s1. The van der Waals surface area contributed by atoms with Crippen molar-refractivity contribution < 1.29 is 27.5 Å². The van der Waals surface area contributed by atoms with Crippen molar-refractivity contribution in [3.8, 4) is 0 Å². The average molecular weight is 681 g/mol. The highest BCUT2D eigenvalue weighted by atomic mass is 19.4. The number of halogens is 3. The highest BCUT2D eigenvalue weighted by Gasteiger charge is 2.38. The molecular weight excluding hydrogens is 641 g/mol. The maximum Gasteiger partial charge on any atom is 0.416 e. The SMILES string of the molecule is C=C(C)CN(CC(=O)N[C@@H](Cc1cn(C(c2ccccc2)(c2ccccc2)c2ccccc2)cn1)C(=O)OC)Cc1ccc(C(F)(F)F)cc1. The number of hydrogen-bond acceptors (Lipinski definition) is 5. The van der Waals surface area contributed by atoms with Gasteiger partial charge in [-0.25, -0.2) is 9.78 Å². The summed E-state index contributed by atoms with van der Waals surface area (Å²) in [4.78, 5) is 32.8. The van der Waals surface area contributed by atoms with Crippen molar-refractivity contribution in [1.29, 1.82) is 0 Å². The first-order chi connectivity index (χ1) is 24.0. The number of carbonyl (C=O) groups is 2. The molecule has 1 aromatic heterocycles. The van der Waals surface area contributed by atoms with E-state index in [1.54, 1.807) is 18.2 Å². The second-order valence-electron chi connectivity index (χ2n) is 12.2. The van der Waals surface area contributed by atoms with Gasteiger partial charge in [-0.05, 0) is 41.3 Å². The van der Waals surface area contributed by atoms with Crippen molar-refractivity contribution in [1.82, 2.24) is 19.8 Å². The second-order valence-corrected chi connectivity index (χ2v) is 12.2. The van der Waals surface area contributed by atoms with E-state index in [-0.39, 0.29) is 19.5 Å². The van der Waals surface area contributed by atoms with Crippen LogP contribution in [-0.4, -0.2) is 52.6 Å². The first-order valence-corrected chi connectivity index (χ1v) is 16.1. The molecule has 4 aromatic carbocycles. The lowest BCUT2D eigenvalue weighted by molar-refractivity contribution is -0.145. The Morgan fingerprint density at radius 1 is 0.820 bits per heavy atom. The highest BCUT2D eigenvalue weighted by molar-refractivity contribution is 5.85. The molecule has 5 aromatic rings. The maximum absolute atomic E-state index is 13.4. The zero-order valence-electron chi connectivity index (χ0n) is 27.9. The molecule has 0 unspecified atom stereocenters. The Kier molecular flexibility index (Phi) is 11.3. The third-order valence-electron chi connectivity index (χ3n) is 8.38. The molecule has 7 nitrogen and oxygen atoms in total. The molecule has 5 rings (SSSR count). The van der Waals surface area contributed by atoms with E-state index in [2.05, 4.69) is 48.3 Å².